The normalized spacial score (nSPS) is 16.4. The highest BCUT2D eigenvalue weighted by Gasteiger charge is 2.28. The van der Waals surface area contributed by atoms with Crippen LogP contribution in [0.3, 0.4) is 0 Å². The molecule has 172 valence electrons. The van der Waals surface area contributed by atoms with E-state index in [-0.39, 0.29) is 5.91 Å². The first-order chi connectivity index (χ1) is 15.5. The van der Waals surface area contributed by atoms with E-state index in [4.69, 9.17) is 14.2 Å². The number of nitrogens with zero attached hydrogens (tertiary/aromatic N) is 2. The van der Waals surface area contributed by atoms with Crippen molar-refractivity contribution in [3.05, 3.63) is 43.5 Å². The fourth-order valence-corrected chi connectivity index (χ4v) is 6.65. The molecule has 0 radical (unpaired) electrons. The molecule has 0 atom stereocenters. The molecule has 2 aromatic rings. The molecule has 0 spiro atoms. The summed E-state index contributed by atoms with van der Waals surface area (Å²) in [5.74, 6) is 3.02. The maximum Gasteiger partial charge on any atom is 0.260 e. The first-order valence-electron chi connectivity index (χ1n) is 10.7. The summed E-state index contributed by atoms with van der Waals surface area (Å²) >= 11 is 3.47. The van der Waals surface area contributed by atoms with E-state index in [0.29, 0.717) is 17.2 Å². The number of hydrogen-bond donors (Lipinski definition) is 0. The number of carbonyl (C=O) groups is 1. The summed E-state index contributed by atoms with van der Waals surface area (Å²) in [6.07, 6.45) is 2.09. The Balaban J connectivity index is 1.40. The summed E-state index contributed by atoms with van der Waals surface area (Å²) in [4.78, 5) is 20.9. The molecule has 1 aromatic carbocycles. The van der Waals surface area contributed by atoms with Gasteiger partial charge >= 0.3 is 0 Å². The van der Waals surface area contributed by atoms with Crippen molar-refractivity contribution in [3.8, 4) is 17.2 Å². The quantitative estimate of drug-likeness (QED) is 0.622. The Morgan fingerprint density at radius 1 is 1.00 bits per heavy atom. The van der Waals surface area contributed by atoms with E-state index in [1.54, 1.807) is 44.4 Å². The van der Waals surface area contributed by atoms with Gasteiger partial charge in [0.25, 0.3) is 5.91 Å². The number of rotatable bonds is 6. The molecule has 1 fully saturated rings. The molecule has 0 bridgehead atoms. The van der Waals surface area contributed by atoms with E-state index in [9.17, 15) is 4.79 Å². The number of thiophene rings is 1. The van der Waals surface area contributed by atoms with Crippen LogP contribution in [0.25, 0.3) is 6.08 Å². The number of amides is 1. The summed E-state index contributed by atoms with van der Waals surface area (Å²) in [7, 11) is 4.89. The van der Waals surface area contributed by atoms with Gasteiger partial charge in [-0.3, -0.25) is 9.69 Å². The molecule has 0 unspecified atom stereocenters. The Morgan fingerprint density at radius 3 is 2.38 bits per heavy atom. The molecule has 8 heteroatoms. The van der Waals surface area contributed by atoms with Crippen LogP contribution < -0.4 is 14.2 Å². The average molecular weight is 475 g/mol. The lowest BCUT2D eigenvalue weighted by atomic mass is 10.1. The van der Waals surface area contributed by atoms with Gasteiger partial charge in [0.05, 0.1) is 26.2 Å². The van der Waals surface area contributed by atoms with Crippen molar-refractivity contribution in [2.75, 3.05) is 47.5 Å². The first kappa shape index (κ1) is 23.0. The SMILES string of the molecule is COc1ccc(CN2CCN(C(=O)C3=Cc4sc(C)c(C)c4CS3)CC2)c(OC)c1OC. The minimum atomic E-state index is 0.160. The van der Waals surface area contributed by atoms with Crippen LogP contribution in [-0.2, 0) is 17.1 Å². The van der Waals surface area contributed by atoms with Crippen LogP contribution in [0.1, 0.15) is 26.4 Å². The fourth-order valence-electron chi connectivity index (χ4n) is 4.22. The van der Waals surface area contributed by atoms with Gasteiger partial charge in [-0.15, -0.1) is 23.1 Å². The van der Waals surface area contributed by atoms with Gasteiger partial charge in [-0.05, 0) is 37.1 Å². The van der Waals surface area contributed by atoms with Gasteiger partial charge in [-0.2, -0.15) is 0 Å². The molecule has 3 heterocycles. The summed E-state index contributed by atoms with van der Waals surface area (Å²) in [6, 6.07) is 3.93. The smallest absolute Gasteiger partial charge is 0.260 e. The number of aryl methyl sites for hydroxylation is 1. The van der Waals surface area contributed by atoms with E-state index >= 15 is 0 Å². The van der Waals surface area contributed by atoms with E-state index in [1.807, 2.05) is 17.0 Å². The highest BCUT2D eigenvalue weighted by Crippen LogP contribution is 2.41. The number of piperazine rings is 1. The van der Waals surface area contributed by atoms with Gasteiger partial charge in [-0.1, -0.05) is 6.07 Å². The molecule has 2 aliphatic heterocycles. The molecule has 0 saturated carbocycles. The van der Waals surface area contributed by atoms with E-state index in [2.05, 4.69) is 24.8 Å². The van der Waals surface area contributed by atoms with Crippen molar-refractivity contribution >= 4 is 35.1 Å². The third kappa shape index (κ3) is 4.36. The summed E-state index contributed by atoms with van der Waals surface area (Å²) in [5, 5.41) is 0. The van der Waals surface area contributed by atoms with Gasteiger partial charge in [0.15, 0.2) is 11.5 Å². The minimum absolute atomic E-state index is 0.160. The minimum Gasteiger partial charge on any atom is -0.493 e. The van der Waals surface area contributed by atoms with Crippen LogP contribution in [0, 0.1) is 13.8 Å². The summed E-state index contributed by atoms with van der Waals surface area (Å²) in [5.41, 5.74) is 3.81. The van der Waals surface area contributed by atoms with E-state index < -0.39 is 0 Å². The molecular formula is C24H30N2O4S2. The van der Waals surface area contributed by atoms with Gasteiger partial charge < -0.3 is 19.1 Å². The Kier molecular flexibility index (Phi) is 7.02. The van der Waals surface area contributed by atoms with Crippen molar-refractivity contribution in [2.45, 2.75) is 26.1 Å². The molecule has 0 N–H and O–H groups in total. The monoisotopic (exact) mass is 474 g/mol. The number of thioether (sulfide) groups is 1. The zero-order chi connectivity index (χ0) is 22.8. The molecule has 4 rings (SSSR count). The van der Waals surface area contributed by atoms with Gasteiger partial charge in [0.1, 0.15) is 0 Å². The van der Waals surface area contributed by atoms with E-state index in [0.717, 1.165) is 48.9 Å². The van der Waals surface area contributed by atoms with Crippen molar-refractivity contribution in [3.63, 3.8) is 0 Å². The Labute approximate surface area is 198 Å². The summed E-state index contributed by atoms with van der Waals surface area (Å²) < 4.78 is 16.5. The zero-order valence-corrected chi connectivity index (χ0v) is 21.0. The number of methoxy groups -OCH3 is 3. The van der Waals surface area contributed by atoms with Crippen LogP contribution in [0.15, 0.2) is 17.0 Å². The highest BCUT2D eigenvalue weighted by atomic mass is 32.2. The topological polar surface area (TPSA) is 51.2 Å². The molecular weight excluding hydrogens is 444 g/mol. The van der Waals surface area contributed by atoms with Crippen molar-refractivity contribution in [1.29, 1.82) is 0 Å². The predicted molar refractivity (Wildman–Crippen MR) is 131 cm³/mol. The zero-order valence-electron chi connectivity index (χ0n) is 19.3. The Hall–Kier alpha value is -2.16. The third-order valence-corrected chi connectivity index (χ3v) is 8.46. The number of benzene rings is 1. The molecule has 1 amide bonds. The first-order valence-corrected chi connectivity index (χ1v) is 12.5. The summed E-state index contributed by atoms with van der Waals surface area (Å²) in [6.45, 7) is 8.17. The standard InChI is InChI=1S/C24H30N2O4S2/c1-15-16(2)32-20-12-21(31-14-18(15)20)24(27)26-10-8-25(9-11-26)13-17-6-7-19(28-3)23(30-5)22(17)29-4/h6-7,12H,8-11,13-14H2,1-5H3. The Morgan fingerprint density at radius 2 is 1.72 bits per heavy atom. The van der Waals surface area contributed by atoms with Crippen molar-refractivity contribution < 1.29 is 19.0 Å². The second kappa shape index (κ2) is 9.77. The third-order valence-electron chi connectivity index (χ3n) is 6.23. The predicted octanol–water partition coefficient (Wildman–Crippen LogP) is 4.32. The van der Waals surface area contributed by atoms with E-state index in [1.165, 1.54) is 20.9 Å². The van der Waals surface area contributed by atoms with Crippen LogP contribution >= 0.6 is 23.1 Å². The van der Waals surface area contributed by atoms with Crippen molar-refractivity contribution in [1.82, 2.24) is 9.80 Å². The molecule has 2 aliphatic rings. The van der Waals surface area contributed by atoms with Crippen molar-refractivity contribution in [2.24, 2.45) is 0 Å². The van der Waals surface area contributed by atoms with Crippen LogP contribution in [-0.4, -0.2) is 63.2 Å². The number of hydrogen-bond acceptors (Lipinski definition) is 7. The lowest BCUT2D eigenvalue weighted by Gasteiger charge is -2.35. The highest BCUT2D eigenvalue weighted by molar-refractivity contribution is 8.03. The second-order valence-corrected chi connectivity index (χ2v) is 10.3. The molecule has 0 aliphatic carbocycles. The fraction of sp³-hybridized carbons (Fsp3) is 0.458. The number of carbonyl (C=O) groups excluding carboxylic acids is 1. The van der Waals surface area contributed by atoms with Gasteiger partial charge in [-0.25, -0.2) is 0 Å². The maximum absolute atomic E-state index is 13.1. The Bertz CT molecular complexity index is 1040. The molecule has 32 heavy (non-hydrogen) atoms. The van der Waals surface area contributed by atoms with Crippen LogP contribution in [0.2, 0.25) is 0 Å². The van der Waals surface area contributed by atoms with Crippen LogP contribution in [0.4, 0.5) is 0 Å². The average Bonchev–Trinajstić information content (AvgIpc) is 3.11. The lowest BCUT2D eigenvalue weighted by Crippen LogP contribution is -2.48. The van der Waals surface area contributed by atoms with Gasteiger partial charge in [0.2, 0.25) is 5.75 Å². The molecule has 6 nitrogen and oxygen atoms in total. The maximum atomic E-state index is 13.1. The second-order valence-electron chi connectivity index (χ2n) is 7.99. The van der Waals surface area contributed by atoms with Crippen LogP contribution in [0.5, 0.6) is 17.2 Å². The van der Waals surface area contributed by atoms with Gasteiger partial charge in [0, 0.05) is 53.8 Å². The largest absolute Gasteiger partial charge is 0.493 e. The number of fused-ring (bicyclic) bond motifs is 1. The molecule has 1 saturated heterocycles. The lowest BCUT2D eigenvalue weighted by molar-refractivity contribution is -0.128. The molecule has 1 aromatic heterocycles. The number of ether oxygens (including phenoxy) is 3.